The largest absolute Gasteiger partial charge is 0.497 e. The minimum Gasteiger partial charge on any atom is -0.497 e. The maximum absolute atomic E-state index is 11.8. The van der Waals surface area contributed by atoms with Crippen molar-refractivity contribution in [2.75, 3.05) is 13.7 Å². The number of nitrogens with one attached hydrogen (secondary N) is 2. The van der Waals surface area contributed by atoms with Crippen molar-refractivity contribution in [2.45, 2.75) is 12.8 Å². The molecule has 0 aliphatic carbocycles. The van der Waals surface area contributed by atoms with Gasteiger partial charge in [-0.25, -0.2) is 0 Å². The molecule has 28 heavy (non-hydrogen) atoms. The van der Waals surface area contributed by atoms with Crippen LogP contribution in [0.2, 0.25) is 10.0 Å². The zero-order valence-corrected chi connectivity index (χ0v) is 16.7. The van der Waals surface area contributed by atoms with Crippen LogP contribution < -0.4 is 20.3 Å². The summed E-state index contributed by atoms with van der Waals surface area (Å²) < 4.78 is 10.6. The van der Waals surface area contributed by atoms with Gasteiger partial charge < -0.3 is 9.47 Å². The van der Waals surface area contributed by atoms with Crippen LogP contribution in [0.1, 0.15) is 18.4 Å². The van der Waals surface area contributed by atoms with Gasteiger partial charge >= 0.3 is 0 Å². The quantitative estimate of drug-likeness (QED) is 0.382. The van der Waals surface area contributed by atoms with Crippen molar-refractivity contribution in [1.82, 2.24) is 10.9 Å². The fourth-order valence-corrected chi connectivity index (χ4v) is 2.59. The minimum atomic E-state index is -0.437. The smallest absolute Gasteiger partial charge is 0.262 e. The highest BCUT2D eigenvalue weighted by atomic mass is 35.5. The Morgan fingerprint density at radius 3 is 2.50 bits per heavy atom. The lowest BCUT2D eigenvalue weighted by Gasteiger charge is -2.08. The number of carbonyl (C=O) groups is 2. The number of benzene rings is 2. The molecule has 0 saturated carbocycles. The molecule has 0 radical (unpaired) electrons. The molecule has 2 amide bonds. The van der Waals surface area contributed by atoms with Gasteiger partial charge in [0.15, 0.2) is 0 Å². The Labute approximate surface area is 173 Å². The molecule has 0 aliphatic heterocycles. The van der Waals surface area contributed by atoms with Crippen molar-refractivity contribution in [3.8, 4) is 11.5 Å². The average Bonchev–Trinajstić information content (AvgIpc) is 2.69. The molecule has 8 heteroatoms. The van der Waals surface area contributed by atoms with E-state index in [4.69, 9.17) is 32.7 Å². The Kier molecular flexibility index (Phi) is 8.65. The SMILES string of the molecule is COc1ccc(C=CC(=O)NNC(=O)CCCOc2ccc(Cl)cc2Cl)cc1. The summed E-state index contributed by atoms with van der Waals surface area (Å²) in [5.74, 6) is 0.477. The van der Waals surface area contributed by atoms with E-state index in [0.29, 0.717) is 28.8 Å². The lowest BCUT2D eigenvalue weighted by molar-refractivity contribution is -0.126. The Balaban J connectivity index is 1.64. The van der Waals surface area contributed by atoms with Crippen molar-refractivity contribution < 1.29 is 19.1 Å². The fraction of sp³-hybridized carbons (Fsp3) is 0.200. The predicted octanol–water partition coefficient (Wildman–Crippen LogP) is 4.02. The molecule has 2 rings (SSSR count). The predicted molar refractivity (Wildman–Crippen MR) is 110 cm³/mol. The van der Waals surface area contributed by atoms with Crippen LogP contribution in [-0.4, -0.2) is 25.5 Å². The Bertz CT molecular complexity index is 839. The molecule has 2 N–H and O–H groups in total. The van der Waals surface area contributed by atoms with Crippen molar-refractivity contribution in [2.24, 2.45) is 0 Å². The highest BCUT2D eigenvalue weighted by molar-refractivity contribution is 6.35. The Morgan fingerprint density at radius 1 is 1.07 bits per heavy atom. The number of ether oxygens (including phenoxy) is 2. The molecule has 0 unspecified atom stereocenters. The van der Waals surface area contributed by atoms with Crippen LogP contribution in [-0.2, 0) is 9.59 Å². The van der Waals surface area contributed by atoms with Gasteiger partial charge in [-0.2, -0.15) is 0 Å². The summed E-state index contributed by atoms with van der Waals surface area (Å²) in [5.41, 5.74) is 5.50. The van der Waals surface area contributed by atoms with E-state index in [1.807, 2.05) is 12.1 Å². The first-order chi connectivity index (χ1) is 13.5. The highest BCUT2D eigenvalue weighted by Gasteiger charge is 2.05. The zero-order chi connectivity index (χ0) is 20.4. The Hall–Kier alpha value is -2.70. The van der Waals surface area contributed by atoms with Crippen molar-refractivity contribution in [1.29, 1.82) is 0 Å². The standard InChI is InChI=1S/C20H20Cl2N2O4/c1-27-16-8-4-14(5-9-16)6-11-20(26)24-23-19(25)3-2-12-28-18-10-7-15(21)13-17(18)22/h4-11,13H,2-3,12H2,1H3,(H,23,25)(H,24,26). The van der Waals surface area contributed by atoms with Crippen molar-refractivity contribution >= 4 is 41.1 Å². The second-order valence-electron chi connectivity index (χ2n) is 5.67. The van der Waals surface area contributed by atoms with E-state index in [-0.39, 0.29) is 12.3 Å². The first-order valence-corrected chi connectivity index (χ1v) is 9.22. The molecule has 148 valence electrons. The summed E-state index contributed by atoms with van der Waals surface area (Å²) >= 11 is 11.8. The second-order valence-corrected chi connectivity index (χ2v) is 6.51. The molecular formula is C20H20Cl2N2O4. The number of rotatable bonds is 8. The molecule has 6 nitrogen and oxygen atoms in total. The van der Waals surface area contributed by atoms with Gasteiger partial charge in [0, 0.05) is 17.5 Å². The number of amides is 2. The number of methoxy groups -OCH3 is 1. The summed E-state index contributed by atoms with van der Waals surface area (Å²) in [5, 5.41) is 0.932. The van der Waals surface area contributed by atoms with Gasteiger partial charge in [0.2, 0.25) is 5.91 Å². The van der Waals surface area contributed by atoms with E-state index in [2.05, 4.69) is 10.9 Å². The van der Waals surface area contributed by atoms with Crippen LogP contribution in [0, 0.1) is 0 Å². The molecule has 0 spiro atoms. The van der Waals surface area contributed by atoms with Gasteiger partial charge in [0.05, 0.1) is 18.7 Å². The molecule has 0 saturated heterocycles. The fourth-order valence-electron chi connectivity index (χ4n) is 2.13. The maximum Gasteiger partial charge on any atom is 0.262 e. The summed E-state index contributed by atoms with van der Waals surface area (Å²) in [4.78, 5) is 23.5. The van der Waals surface area contributed by atoms with Gasteiger partial charge in [-0.05, 0) is 48.4 Å². The van der Waals surface area contributed by atoms with Crippen LogP contribution in [0.5, 0.6) is 11.5 Å². The molecule has 0 aliphatic rings. The average molecular weight is 423 g/mol. The molecule has 0 bridgehead atoms. The first-order valence-electron chi connectivity index (χ1n) is 8.47. The van der Waals surface area contributed by atoms with Crippen LogP contribution >= 0.6 is 23.2 Å². The summed E-state index contributed by atoms with van der Waals surface area (Å²) in [6.07, 6.45) is 3.61. The van der Waals surface area contributed by atoms with Crippen LogP contribution in [0.15, 0.2) is 48.5 Å². The molecule has 2 aromatic rings. The number of carbonyl (C=O) groups excluding carboxylic acids is 2. The molecule has 0 heterocycles. The third-order valence-electron chi connectivity index (χ3n) is 3.57. The first kappa shape index (κ1) is 21.6. The van der Waals surface area contributed by atoms with Gasteiger partial charge in [-0.3, -0.25) is 20.4 Å². The highest BCUT2D eigenvalue weighted by Crippen LogP contribution is 2.27. The van der Waals surface area contributed by atoms with Crippen LogP contribution in [0.4, 0.5) is 0 Å². The van der Waals surface area contributed by atoms with Gasteiger partial charge in [0.1, 0.15) is 11.5 Å². The van der Waals surface area contributed by atoms with Gasteiger partial charge in [-0.15, -0.1) is 0 Å². The van der Waals surface area contributed by atoms with Gasteiger partial charge in [0.25, 0.3) is 5.91 Å². The summed E-state index contributed by atoms with van der Waals surface area (Å²) in [7, 11) is 1.58. The topological polar surface area (TPSA) is 76.7 Å². The van der Waals surface area contributed by atoms with Crippen molar-refractivity contribution in [3.05, 3.63) is 64.1 Å². The summed E-state index contributed by atoms with van der Waals surface area (Å²) in [6.45, 7) is 0.306. The van der Waals surface area contributed by atoms with E-state index in [0.717, 1.165) is 11.3 Å². The second kappa shape index (κ2) is 11.2. The number of halogens is 2. The summed E-state index contributed by atoms with van der Waals surface area (Å²) in [6, 6.07) is 12.1. The number of hydrazine groups is 1. The maximum atomic E-state index is 11.8. The zero-order valence-electron chi connectivity index (χ0n) is 15.2. The van der Waals surface area contributed by atoms with E-state index < -0.39 is 5.91 Å². The van der Waals surface area contributed by atoms with Crippen LogP contribution in [0.25, 0.3) is 6.08 Å². The third-order valence-corrected chi connectivity index (χ3v) is 4.10. The Morgan fingerprint density at radius 2 is 1.82 bits per heavy atom. The third kappa shape index (κ3) is 7.50. The lowest BCUT2D eigenvalue weighted by atomic mass is 10.2. The molecule has 0 fully saturated rings. The molecule has 2 aromatic carbocycles. The molecule has 0 atom stereocenters. The molecule has 0 aromatic heterocycles. The monoisotopic (exact) mass is 422 g/mol. The normalized spacial score (nSPS) is 10.5. The van der Waals surface area contributed by atoms with Gasteiger partial charge in [-0.1, -0.05) is 35.3 Å². The minimum absolute atomic E-state index is 0.188. The molecular weight excluding hydrogens is 403 g/mol. The van der Waals surface area contributed by atoms with E-state index in [9.17, 15) is 9.59 Å². The number of hydrogen-bond acceptors (Lipinski definition) is 4. The van der Waals surface area contributed by atoms with E-state index in [1.54, 1.807) is 43.5 Å². The van der Waals surface area contributed by atoms with E-state index >= 15 is 0 Å². The number of hydrogen-bond donors (Lipinski definition) is 2. The lowest BCUT2D eigenvalue weighted by Crippen LogP contribution is -2.40. The van der Waals surface area contributed by atoms with E-state index in [1.165, 1.54) is 6.08 Å². The van der Waals surface area contributed by atoms with Crippen LogP contribution in [0.3, 0.4) is 0 Å². The van der Waals surface area contributed by atoms with Crippen molar-refractivity contribution in [3.63, 3.8) is 0 Å².